The van der Waals surface area contributed by atoms with Gasteiger partial charge in [0, 0.05) is 6.54 Å². The van der Waals surface area contributed by atoms with Crippen molar-refractivity contribution in [2.45, 2.75) is 31.3 Å². The Kier molecular flexibility index (Phi) is 3.55. The third-order valence-electron chi connectivity index (χ3n) is 4.40. The van der Waals surface area contributed by atoms with Crippen LogP contribution in [0.1, 0.15) is 37.1 Å². The molecule has 2 heterocycles. The van der Waals surface area contributed by atoms with E-state index in [1.54, 1.807) is 13.2 Å². The number of nitrogens with zero attached hydrogens (tertiary/aromatic N) is 1. The summed E-state index contributed by atoms with van der Waals surface area (Å²) in [7, 11) is 0. The molecule has 2 aromatic rings. The third-order valence-corrected chi connectivity index (χ3v) is 4.40. The Balaban J connectivity index is 2.06. The normalized spacial score (nSPS) is 24.0. The molecule has 2 atom stereocenters. The maximum atomic E-state index is 11.8. The summed E-state index contributed by atoms with van der Waals surface area (Å²) < 4.78 is 5.60. The first-order valence-electron chi connectivity index (χ1n) is 7.21. The average molecular weight is 285 g/mol. The van der Waals surface area contributed by atoms with Gasteiger partial charge in [-0.25, -0.2) is 0 Å². The van der Waals surface area contributed by atoms with Crippen molar-refractivity contribution in [1.29, 1.82) is 0 Å². The van der Waals surface area contributed by atoms with Gasteiger partial charge in [-0.3, -0.25) is 9.69 Å². The predicted molar refractivity (Wildman–Crippen MR) is 79.0 cm³/mol. The second-order valence-electron chi connectivity index (χ2n) is 5.70. The second-order valence-corrected chi connectivity index (χ2v) is 5.70. The zero-order chi connectivity index (χ0) is 14.9. The minimum Gasteiger partial charge on any atom is -0.480 e. The molecule has 0 aliphatic carbocycles. The van der Waals surface area contributed by atoms with Crippen molar-refractivity contribution in [1.82, 2.24) is 4.90 Å². The van der Waals surface area contributed by atoms with Crippen LogP contribution in [-0.4, -0.2) is 28.1 Å². The number of furan rings is 1. The number of carbonyl (C=O) groups is 1. The molecule has 1 aliphatic heterocycles. The lowest BCUT2D eigenvalue weighted by atomic mass is 9.94. The fourth-order valence-electron chi connectivity index (χ4n) is 3.21. The van der Waals surface area contributed by atoms with E-state index in [2.05, 4.69) is 0 Å². The summed E-state index contributed by atoms with van der Waals surface area (Å²) in [4.78, 5) is 13.8. The highest BCUT2D eigenvalue weighted by Crippen LogP contribution is 2.40. The Morgan fingerprint density at radius 1 is 1.29 bits per heavy atom. The highest BCUT2D eigenvalue weighted by Gasteiger charge is 2.47. The van der Waals surface area contributed by atoms with E-state index in [-0.39, 0.29) is 6.04 Å². The van der Waals surface area contributed by atoms with E-state index in [9.17, 15) is 9.90 Å². The van der Waals surface area contributed by atoms with Crippen molar-refractivity contribution in [3.05, 3.63) is 60.1 Å². The van der Waals surface area contributed by atoms with Crippen LogP contribution in [0.5, 0.6) is 0 Å². The molecular weight excluding hydrogens is 266 g/mol. The fraction of sp³-hybridized carbons (Fsp3) is 0.353. The van der Waals surface area contributed by atoms with Crippen LogP contribution in [0.4, 0.5) is 0 Å². The van der Waals surface area contributed by atoms with Crippen LogP contribution in [0.2, 0.25) is 0 Å². The zero-order valence-electron chi connectivity index (χ0n) is 12.0. The van der Waals surface area contributed by atoms with Gasteiger partial charge >= 0.3 is 5.97 Å². The summed E-state index contributed by atoms with van der Waals surface area (Å²) in [5.74, 6) is 0.0167. The SMILES string of the molecule is CC1(C(=O)O)CCCN1C(c1ccccc1)c1ccco1. The van der Waals surface area contributed by atoms with Crippen LogP contribution in [0.3, 0.4) is 0 Å². The average Bonchev–Trinajstić information content (AvgIpc) is 3.13. The predicted octanol–water partition coefficient (Wildman–Crippen LogP) is 3.31. The van der Waals surface area contributed by atoms with Crippen molar-refractivity contribution in [2.24, 2.45) is 0 Å². The highest BCUT2D eigenvalue weighted by molar-refractivity contribution is 5.78. The number of benzene rings is 1. The van der Waals surface area contributed by atoms with Crippen molar-refractivity contribution in [3.8, 4) is 0 Å². The lowest BCUT2D eigenvalue weighted by Crippen LogP contribution is -2.49. The molecule has 0 amide bonds. The van der Waals surface area contributed by atoms with Crippen molar-refractivity contribution in [2.75, 3.05) is 6.54 Å². The number of aliphatic carboxylic acids is 1. The van der Waals surface area contributed by atoms with E-state index in [1.165, 1.54) is 0 Å². The quantitative estimate of drug-likeness (QED) is 0.936. The van der Waals surface area contributed by atoms with Gasteiger partial charge in [-0.1, -0.05) is 30.3 Å². The molecule has 110 valence electrons. The Bertz CT molecular complexity index is 608. The maximum absolute atomic E-state index is 11.8. The molecule has 21 heavy (non-hydrogen) atoms. The fourth-order valence-corrected chi connectivity index (χ4v) is 3.21. The Morgan fingerprint density at radius 3 is 2.67 bits per heavy atom. The molecule has 0 saturated carbocycles. The summed E-state index contributed by atoms with van der Waals surface area (Å²) in [6.07, 6.45) is 3.18. The standard InChI is InChI=1S/C17H19NO3/c1-17(16(19)20)10-6-11-18(17)15(14-9-5-12-21-14)13-7-3-2-4-8-13/h2-5,7-9,12,15H,6,10-11H2,1H3,(H,19,20). The minimum atomic E-state index is -0.854. The molecule has 1 aliphatic rings. The molecule has 0 spiro atoms. The summed E-state index contributed by atoms with van der Waals surface area (Å²) >= 11 is 0. The third kappa shape index (κ3) is 2.36. The number of carboxylic acid groups (broad SMARTS) is 1. The number of hydrogen-bond acceptors (Lipinski definition) is 3. The van der Waals surface area contributed by atoms with Crippen LogP contribution in [0.15, 0.2) is 53.1 Å². The second kappa shape index (κ2) is 5.37. The first-order valence-corrected chi connectivity index (χ1v) is 7.21. The van der Waals surface area contributed by atoms with Gasteiger partial charge in [0.05, 0.1) is 12.3 Å². The van der Waals surface area contributed by atoms with E-state index in [4.69, 9.17) is 4.42 Å². The monoisotopic (exact) mass is 285 g/mol. The van der Waals surface area contributed by atoms with Crippen molar-refractivity contribution < 1.29 is 14.3 Å². The van der Waals surface area contributed by atoms with Gasteiger partial charge in [0.2, 0.25) is 0 Å². The van der Waals surface area contributed by atoms with Gasteiger partial charge in [-0.05, 0) is 37.5 Å². The zero-order valence-corrected chi connectivity index (χ0v) is 12.0. The first kappa shape index (κ1) is 13.9. The van der Waals surface area contributed by atoms with Crippen LogP contribution in [-0.2, 0) is 4.79 Å². The van der Waals surface area contributed by atoms with Gasteiger partial charge in [0.25, 0.3) is 0 Å². The van der Waals surface area contributed by atoms with Crippen LogP contribution < -0.4 is 0 Å². The molecule has 2 unspecified atom stereocenters. The Hall–Kier alpha value is -2.07. The number of hydrogen-bond donors (Lipinski definition) is 1. The maximum Gasteiger partial charge on any atom is 0.323 e. The lowest BCUT2D eigenvalue weighted by Gasteiger charge is -2.37. The molecule has 0 radical (unpaired) electrons. The van der Waals surface area contributed by atoms with E-state index in [0.29, 0.717) is 6.42 Å². The van der Waals surface area contributed by atoms with E-state index in [0.717, 1.165) is 24.3 Å². The van der Waals surface area contributed by atoms with Crippen molar-refractivity contribution >= 4 is 5.97 Å². The van der Waals surface area contributed by atoms with Gasteiger partial charge in [-0.2, -0.15) is 0 Å². The Labute approximate surface area is 124 Å². The minimum absolute atomic E-state index is 0.162. The molecule has 1 N–H and O–H groups in total. The smallest absolute Gasteiger partial charge is 0.323 e. The first-order chi connectivity index (χ1) is 10.1. The molecule has 3 rings (SSSR count). The van der Waals surface area contributed by atoms with Crippen LogP contribution in [0.25, 0.3) is 0 Å². The summed E-state index contributed by atoms with van der Waals surface area (Å²) in [6.45, 7) is 2.56. The number of carboxylic acids is 1. The summed E-state index contributed by atoms with van der Waals surface area (Å²) in [5, 5.41) is 9.66. The Morgan fingerprint density at radius 2 is 2.05 bits per heavy atom. The van der Waals surface area contributed by atoms with Crippen LogP contribution in [0, 0.1) is 0 Å². The molecular formula is C17H19NO3. The van der Waals surface area contributed by atoms with Gasteiger partial charge in [-0.15, -0.1) is 0 Å². The molecule has 1 aromatic heterocycles. The number of rotatable bonds is 4. The van der Waals surface area contributed by atoms with Gasteiger partial charge < -0.3 is 9.52 Å². The van der Waals surface area contributed by atoms with Crippen LogP contribution >= 0.6 is 0 Å². The summed E-state index contributed by atoms with van der Waals surface area (Å²) in [5.41, 5.74) is 0.203. The topological polar surface area (TPSA) is 53.7 Å². The number of likely N-dealkylation sites (tertiary alicyclic amines) is 1. The molecule has 1 aromatic carbocycles. The van der Waals surface area contributed by atoms with E-state index in [1.807, 2.05) is 47.4 Å². The van der Waals surface area contributed by atoms with Gasteiger partial charge in [0.15, 0.2) is 0 Å². The van der Waals surface area contributed by atoms with E-state index >= 15 is 0 Å². The molecule has 1 saturated heterocycles. The summed E-state index contributed by atoms with van der Waals surface area (Å²) in [6, 6.07) is 13.5. The van der Waals surface area contributed by atoms with E-state index < -0.39 is 11.5 Å². The largest absolute Gasteiger partial charge is 0.480 e. The van der Waals surface area contributed by atoms with Gasteiger partial charge in [0.1, 0.15) is 11.3 Å². The molecule has 0 bridgehead atoms. The lowest BCUT2D eigenvalue weighted by molar-refractivity contribution is -0.149. The molecule has 1 fully saturated rings. The highest BCUT2D eigenvalue weighted by atomic mass is 16.4. The molecule has 4 heteroatoms. The molecule has 4 nitrogen and oxygen atoms in total. The van der Waals surface area contributed by atoms with Crippen molar-refractivity contribution in [3.63, 3.8) is 0 Å².